The van der Waals surface area contributed by atoms with E-state index in [1.807, 2.05) is 13.0 Å². The normalized spacial score (nSPS) is 26.2. The van der Waals surface area contributed by atoms with E-state index in [2.05, 4.69) is 0 Å². The van der Waals surface area contributed by atoms with E-state index in [4.69, 9.17) is 19.3 Å². The Hall–Kier alpha value is -2.69. The van der Waals surface area contributed by atoms with Crippen LogP contribution in [0.2, 0.25) is 0 Å². The highest BCUT2D eigenvalue weighted by Gasteiger charge is 2.44. The molecule has 1 aliphatic heterocycles. The average Bonchev–Trinajstić information content (AvgIpc) is 2.73. The molecule has 1 saturated heterocycles. The Labute approximate surface area is 172 Å². The van der Waals surface area contributed by atoms with Crippen molar-refractivity contribution in [2.75, 3.05) is 13.2 Å². The van der Waals surface area contributed by atoms with E-state index < -0.39 is 49.9 Å². The van der Waals surface area contributed by atoms with Crippen molar-refractivity contribution < 1.29 is 44.5 Å². The van der Waals surface area contributed by atoms with Crippen LogP contribution in [0.4, 0.5) is 0 Å². The third-order valence-corrected chi connectivity index (χ3v) is 4.74. The molecule has 5 N–H and O–H groups in total. The van der Waals surface area contributed by atoms with Crippen molar-refractivity contribution in [2.45, 2.75) is 37.6 Å². The van der Waals surface area contributed by atoms with Crippen molar-refractivity contribution in [3.05, 3.63) is 48.0 Å². The highest BCUT2D eigenvalue weighted by molar-refractivity contribution is 5.72. The number of hydrogen-bond acceptors (Lipinski definition) is 8. The maximum absolute atomic E-state index is 10.7. The predicted molar refractivity (Wildman–Crippen MR) is 104 cm³/mol. The van der Waals surface area contributed by atoms with Crippen molar-refractivity contribution in [2.24, 2.45) is 0 Å². The third kappa shape index (κ3) is 4.89. The number of aliphatic hydroxyl groups is 4. The van der Waals surface area contributed by atoms with Crippen molar-refractivity contribution in [3.8, 4) is 22.6 Å². The zero-order valence-electron chi connectivity index (χ0n) is 16.2. The molecule has 2 aromatic carbocycles. The Morgan fingerprint density at radius 3 is 2.53 bits per heavy atom. The van der Waals surface area contributed by atoms with Gasteiger partial charge in [-0.3, -0.25) is 0 Å². The Bertz CT molecular complexity index is 883. The Kier molecular flexibility index (Phi) is 6.91. The smallest absolute Gasteiger partial charge is 0.341 e. The third-order valence-electron chi connectivity index (χ3n) is 4.74. The molecule has 1 heterocycles. The summed E-state index contributed by atoms with van der Waals surface area (Å²) >= 11 is 0. The Balaban J connectivity index is 1.89. The number of aliphatic carboxylic acids is 1. The standard InChI is InChI=1S/C21H24O9/c1-11-5-6-14(12-3-2-4-13(8-12)28-10-17(23)24)15(7-11)29-21-20(27)19(26)18(25)16(9-22)30-21/h2-8,16,18-22,25-27H,9-10H2,1H3,(H,23,24)/t16-,18-,19+,20+,21+/m1/s1. The zero-order valence-corrected chi connectivity index (χ0v) is 16.2. The summed E-state index contributed by atoms with van der Waals surface area (Å²) in [5.41, 5.74) is 2.13. The molecule has 0 radical (unpaired) electrons. The van der Waals surface area contributed by atoms with Crippen LogP contribution in [0.3, 0.4) is 0 Å². The van der Waals surface area contributed by atoms with Gasteiger partial charge in [-0.2, -0.15) is 0 Å². The van der Waals surface area contributed by atoms with E-state index in [-0.39, 0.29) is 0 Å². The summed E-state index contributed by atoms with van der Waals surface area (Å²) in [5.74, 6) is -0.411. The molecular formula is C21H24O9. The van der Waals surface area contributed by atoms with Gasteiger partial charge in [-0.25, -0.2) is 4.79 Å². The highest BCUT2D eigenvalue weighted by atomic mass is 16.7. The molecule has 0 bridgehead atoms. The van der Waals surface area contributed by atoms with Crippen LogP contribution >= 0.6 is 0 Å². The first-order chi connectivity index (χ1) is 14.3. The molecule has 1 aliphatic rings. The van der Waals surface area contributed by atoms with Crippen LogP contribution in [0.1, 0.15) is 5.56 Å². The van der Waals surface area contributed by atoms with Gasteiger partial charge in [0, 0.05) is 5.56 Å². The van der Waals surface area contributed by atoms with E-state index >= 15 is 0 Å². The lowest BCUT2D eigenvalue weighted by Gasteiger charge is -2.39. The molecule has 5 atom stereocenters. The van der Waals surface area contributed by atoms with Gasteiger partial charge in [0.1, 0.15) is 35.9 Å². The number of ether oxygens (including phenoxy) is 3. The lowest BCUT2D eigenvalue weighted by atomic mass is 9.99. The fourth-order valence-electron chi connectivity index (χ4n) is 3.15. The largest absolute Gasteiger partial charge is 0.482 e. The number of hydrogen-bond donors (Lipinski definition) is 5. The van der Waals surface area contributed by atoms with E-state index in [1.54, 1.807) is 36.4 Å². The van der Waals surface area contributed by atoms with Gasteiger partial charge in [0.25, 0.3) is 0 Å². The fourth-order valence-corrected chi connectivity index (χ4v) is 3.15. The van der Waals surface area contributed by atoms with Crippen molar-refractivity contribution in [1.82, 2.24) is 0 Å². The average molecular weight is 420 g/mol. The van der Waals surface area contributed by atoms with E-state index in [0.29, 0.717) is 22.6 Å². The number of carboxylic acid groups (broad SMARTS) is 1. The molecule has 0 saturated carbocycles. The van der Waals surface area contributed by atoms with E-state index in [0.717, 1.165) is 5.56 Å². The van der Waals surface area contributed by atoms with Crippen LogP contribution in [-0.4, -0.2) is 75.4 Å². The molecule has 9 nitrogen and oxygen atoms in total. The van der Waals surface area contributed by atoms with Gasteiger partial charge in [0.05, 0.1) is 6.61 Å². The van der Waals surface area contributed by atoms with Crippen LogP contribution in [0.5, 0.6) is 11.5 Å². The van der Waals surface area contributed by atoms with Crippen LogP contribution in [0.25, 0.3) is 11.1 Å². The predicted octanol–water partition coefficient (Wildman–Crippen LogP) is 0.304. The first-order valence-corrected chi connectivity index (χ1v) is 9.33. The number of rotatable bonds is 7. The van der Waals surface area contributed by atoms with Crippen molar-refractivity contribution in [1.29, 1.82) is 0 Å². The van der Waals surface area contributed by atoms with Crippen molar-refractivity contribution >= 4 is 5.97 Å². The summed E-state index contributed by atoms with van der Waals surface area (Å²) in [7, 11) is 0. The molecule has 2 aromatic rings. The highest BCUT2D eigenvalue weighted by Crippen LogP contribution is 2.35. The Morgan fingerprint density at radius 1 is 1.07 bits per heavy atom. The summed E-state index contributed by atoms with van der Waals surface area (Å²) in [6, 6.07) is 12.1. The summed E-state index contributed by atoms with van der Waals surface area (Å²) < 4.78 is 16.5. The topological polar surface area (TPSA) is 146 Å². The number of aryl methyl sites for hydroxylation is 1. The maximum atomic E-state index is 10.7. The van der Waals surface area contributed by atoms with Gasteiger partial charge in [-0.05, 0) is 36.2 Å². The number of carbonyl (C=O) groups is 1. The van der Waals surface area contributed by atoms with Gasteiger partial charge in [-0.1, -0.05) is 24.3 Å². The second-order valence-electron chi connectivity index (χ2n) is 7.02. The van der Waals surface area contributed by atoms with E-state index in [9.17, 15) is 25.2 Å². The molecule has 9 heteroatoms. The lowest BCUT2D eigenvalue weighted by Crippen LogP contribution is -2.60. The molecule has 1 fully saturated rings. The van der Waals surface area contributed by atoms with Gasteiger partial charge < -0.3 is 39.7 Å². The van der Waals surface area contributed by atoms with E-state index in [1.165, 1.54) is 0 Å². The molecule has 3 rings (SSSR count). The van der Waals surface area contributed by atoms with Crippen molar-refractivity contribution in [3.63, 3.8) is 0 Å². The van der Waals surface area contributed by atoms with Crippen LogP contribution < -0.4 is 9.47 Å². The zero-order chi connectivity index (χ0) is 21.8. The summed E-state index contributed by atoms with van der Waals surface area (Å²) in [6.07, 6.45) is -6.99. The minimum Gasteiger partial charge on any atom is -0.482 e. The molecule has 0 aromatic heterocycles. The van der Waals surface area contributed by atoms with Crippen LogP contribution in [-0.2, 0) is 9.53 Å². The molecule has 0 unspecified atom stereocenters. The summed E-state index contributed by atoms with van der Waals surface area (Å²) in [5, 5.41) is 48.3. The maximum Gasteiger partial charge on any atom is 0.341 e. The Morgan fingerprint density at radius 2 is 1.83 bits per heavy atom. The van der Waals surface area contributed by atoms with Gasteiger partial charge in [0.15, 0.2) is 6.61 Å². The molecule has 0 amide bonds. The number of carboxylic acids is 1. The second-order valence-corrected chi connectivity index (χ2v) is 7.02. The first kappa shape index (κ1) is 22.0. The molecule has 0 aliphatic carbocycles. The second kappa shape index (κ2) is 9.41. The summed E-state index contributed by atoms with van der Waals surface area (Å²) in [6.45, 7) is 0.802. The molecule has 30 heavy (non-hydrogen) atoms. The number of aliphatic hydroxyl groups excluding tert-OH is 4. The van der Waals surface area contributed by atoms with Gasteiger partial charge in [-0.15, -0.1) is 0 Å². The molecule has 0 spiro atoms. The monoisotopic (exact) mass is 420 g/mol. The van der Waals surface area contributed by atoms with Gasteiger partial charge in [0.2, 0.25) is 6.29 Å². The van der Waals surface area contributed by atoms with Crippen LogP contribution in [0, 0.1) is 6.92 Å². The summed E-state index contributed by atoms with van der Waals surface area (Å²) in [4.78, 5) is 10.7. The molecular weight excluding hydrogens is 396 g/mol. The van der Waals surface area contributed by atoms with Crippen LogP contribution in [0.15, 0.2) is 42.5 Å². The lowest BCUT2D eigenvalue weighted by molar-refractivity contribution is -0.277. The molecule has 162 valence electrons. The number of benzene rings is 2. The van der Waals surface area contributed by atoms with Gasteiger partial charge >= 0.3 is 5.97 Å². The minimum atomic E-state index is -1.55. The quantitative estimate of drug-likeness (QED) is 0.427. The first-order valence-electron chi connectivity index (χ1n) is 9.33. The SMILES string of the molecule is Cc1ccc(-c2cccc(OCC(=O)O)c2)c(O[C@H]2O[C@H](CO)[C@@H](O)[C@H](O)[C@@H]2O)c1. The minimum absolute atomic E-state index is 0.328. The fraction of sp³-hybridized carbons (Fsp3) is 0.381.